The number of likely N-dealkylation sites (N-methyl/N-ethyl adjacent to an activating group) is 1. The van der Waals surface area contributed by atoms with E-state index < -0.39 is 0 Å². The highest BCUT2D eigenvalue weighted by atomic mass is 16.5. The summed E-state index contributed by atoms with van der Waals surface area (Å²) in [4.78, 5) is 8.43. The van der Waals surface area contributed by atoms with Gasteiger partial charge < -0.3 is 10.1 Å². The van der Waals surface area contributed by atoms with E-state index in [0.717, 1.165) is 17.9 Å². The lowest BCUT2D eigenvalue weighted by molar-refractivity contribution is 0.414. The van der Waals surface area contributed by atoms with Crippen LogP contribution in [0, 0.1) is 0 Å². The Balaban J connectivity index is 2.15. The van der Waals surface area contributed by atoms with Crippen molar-refractivity contribution in [3.8, 4) is 5.75 Å². The first-order valence-electron chi connectivity index (χ1n) is 5.89. The maximum atomic E-state index is 5.23. The van der Waals surface area contributed by atoms with Crippen LogP contribution in [0.4, 0.5) is 0 Å². The Hall–Kier alpha value is -1.94. The number of nitrogens with zero attached hydrogens (tertiary/aromatic N) is 2. The van der Waals surface area contributed by atoms with Crippen LogP contribution in [0.15, 0.2) is 42.9 Å². The fourth-order valence-corrected chi connectivity index (χ4v) is 1.88. The van der Waals surface area contributed by atoms with Crippen LogP contribution in [-0.2, 0) is 6.42 Å². The van der Waals surface area contributed by atoms with Crippen LogP contribution in [0.2, 0.25) is 0 Å². The number of aromatic nitrogens is 2. The Morgan fingerprint density at radius 2 is 2.22 bits per heavy atom. The number of hydrogen-bond donors (Lipinski definition) is 1. The normalized spacial score (nSPS) is 12.1. The molecule has 2 aromatic rings. The number of methoxy groups -OCH3 is 1. The third-order valence-corrected chi connectivity index (χ3v) is 2.86. The van der Waals surface area contributed by atoms with Crippen LogP contribution >= 0.6 is 0 Å². The first-order valence-corrected chi connectivity index (χ1v) is 5.89. The zero-order chi connectivity index (χ0) is 12.8. The molecule has 94 valence electrons. The van der Waals surface area contributed by atoms with Crippen LogP contribution in [0.5, 0.6) is 5.75 Å². The predicted octanol–water partition coefficient (Wildman–Crippen LogP) is 1.99. The Kier molecular flexibility index (Phi) is 4.25. The molecule has 18 heavy (non-hydrogen) atoms. The van der Waals surface area contributed by atoms with E-state index in [1.807, 2.05) is 25.2 Å². The summed E-state index contributed by atoms with van der Waals surface area (Å²) in [6.07, 6.45) is 6.04. The quantitative estimate of drug-likeness (QED) is 0.872. The average Bonchev–Trinajstić information content (AvgIpc) is 2.46. The van der Waals surface area contributed by atoms with E-state index in [9.17, 15) is 0 Å². The van der Waals surface area contributed by atoms with Gasteiger partial charge in [0.15, 0.2) is 0 Å². The minimum Gasteiger partial charge on any atom is -0.497 e. The number of ether oxygens (including phenoxy) is 1. The lowest BCUT2D eigenvalue weighted by atomic mass is 10.0. The summed E-state index contributed by atoms with van der Waals surface area (Å²) < 4.78 is 5.23. The highest BCUT2D eigenvalue weighted by Gasteiger charge is 2.11. The molecule has 0 aliphatic heterocycles. The van der Waals surface area contributed by atoms with Gasteiger partial charge in [0.1, 0.15) is 5.75 Å². The fourth-order valence-electron chi connectivity index (χ4n) is 1.88. The van der Waals surface area contributed by atoms with Crippen molar-refractivity contribution in [1.82, 2.24) is 15.3 Å². The van der Waals surface area contributed by atoms with E-state index in [2.05, 4.69) is 21.4 Å². The second-order valence-electron chi connectivity index (χ2n) is 4.03. The lowest BCUT2D eigenvalue weighted by Crippen LogP contribution is -2.20. The van der Waals surface area contributed by atoms with Crippen molar-refractivity contribution in [2.45, 2.75) is 12.5 Å². The van der Waals surface area contributed by atoms with Gasteiger partial charge in [-0.3, -0.25) is 9.97 Å². The number of benzene rings is 1. The topological polar surface area (TPSA) is 47.0 Å². The largest absolute Gasteiger partial charge is 0.497 e. The molecule has 0 aliphatic rings. The summed E-state index contributed by atoms with van der Waals surface area (Å²) in [5.74, 6) is 0.876. The molecule has 0 amide bonds. The first-order chi connectivity index (χ1) is 8.83. The zero-order valence-corrected chi connectivity index (χ0v) is 10.6. The summed E-state index contributed by atoms with van der Waals surface area (Å²) in [6.45, 7) is 0. The van der Waals surface area contributed by atoms with Crippen molar-refractivity contribution in [3.63, 3.8) is 0 Å². The van der Waals surface area contributed by atoms with Gasteiger partial charge in [0, 0.05) is 18.6 Å². The van der Waals surface area contributed by atoms with Gasteiger partial charge in [-0.05, 0) is 31.2 Å². The molecule has 0 radical (unpaired) electrons. The minimum atomic E-state index is 0.158. The Labute approximate surface area is 107 Å². The molecule has 1 N–H and O–H groups in total. The van der Waals surface area contributed by atoms with Crippen molar-refractivity contribution in [2.75, 3.05) is 14.2 Å². The van der Waals surface area contributed by atoms with E-state index in [1.165, 1.54) is 5.56 Å². The first kappa shape index (κ1) is 12.5. The monoisotopic (exact) mass is 243 g/mol. The second-order valence-corrected chi connectivity index (χ2v) is 4.03. The summed E-state index contributed by atoms with van der Waals surface area (Å²) in [5.41, 5.74) is 2.15. The van der Waals surface area contributed by atoms with Crippen LogP contribution < -0.4 is 10.1 Å². The molecule has 0 aliphatic carbocycles. The van der Waals surface area contributed by atoms with E-state index in [0.29, 0.717) is 0 Å². The van der Waals surface area contributed by atoms with E-state index in [4.69, 9.17) is 4.74 Å². The van der Waals surface area contributed by atoms with Gasteiger partial charge in [-0.25, -0.2) is 0 Å². The van der Waals surface area contributed by atoms with Crippen molar-refractivity contribution in [3.05, 3.63) is 54.1 Å². The molecule has 1 aromatic heterocycles. The molecule has 0 bridgehead atoms. The maximum Gasteiger partial charge on any atom is 0.119 e. The Morgan fingerprint density at radius 3 is 2.89 bits per heavy atom. The summed E-state index contributed by atoms with van der Waals surface area (Å²) >= 11 is 0. The molecule has 1 atom stereocenters. The molecule has 0 saturated carbocycles. The van der Waals surface area contributed by atoms with E-state index >= 15 is 0 Å². The number of nitrogens with one attached hydrogen (secondary N) is 1. The van der Waals surface area contributed by atoms with Crippen molar-refractivity contribution in [1.29, 1.82) is 0 Å². The smallest absolute Gasteiger partial charge is 0.119 e. The molecule has 2 rings (SSSR count). The number of hydrogen-bond acceptors (Lipinski definition) is 4. The van der Waals surface area contributed by atoms with Gasteiger partial charge in [0.25, 0.3) is 0 Å². The predicted molar refractivity (Wildman–Crippen MR) is 70.5 cm³/mol. The third-order valence-electron chi connectivity index (χ3n) is 2.86. The van der Waals surface area contributed by atoms with Gasteiger partial charge in [-0.15, -0.1) is 0 Å². The molecule has 1 heterocycles. The van der Waals surface area contributed by atoms with Gasteiger partial charge in [0.05, 0.1) is 18.8 Å². The highest BCUT2D eigenvalue weighted by molar-refractivity contribution is 5.29. The van der Waals surface area contributed by atoms with Crippen molar-refractivity contribution >= 4 is 0 Å². The molecule has 0 fully saturated rings. The standard InChI is InChI=1S/C14H17N3O/c1-15-13(14-10-16-6-7-17-14)9-11-4-3-5-12(8-11)18-2/h3-8,10,13,15H,9H2,1-2H3. The highest BCUT2D eigenvalue weighted by Crippen LogP contribution is 2.19. The van der Waals surface area contributed by atoms with E-state index in [1.54, 1.807) is 25.7 Å². The van der Waals surface area contributed by atoms with Crippen LogP contribution in [-0.4, -0.2) is 24.1 Å². The van der Waals surface area contributed by atoms with Crippen LogP contribution in [0.25, 0.3) is 0 Å². The molecule has 0 saturated heterocycles. The van der Waals surface area contributed by atoms with Gasteiger partial charge >= 0.3 is 0 Å². The summed E-state index contributed by atoms with van der Waals surface area (Å²) in [7, 11) is 3.61. The summed E-state index contributed by atoms with van der Waals surface area (Å²) in [5, 5.41) is 3.26. The third kappa shape index (κ3) is 3.05. The van der Waals surface area contributed by atoms with Gasteiger partial charge in [-0.1, -0.05) is 12.1 Å². The molecular weight excluding hydrogens is 226 g/mol. The average molecular weight is 243 g/mol. The van der Waals surface area contributed by atoms with Crippen LogP contribution in [0.1, 0.15) is 17.3 Å². The maximum absolute atomic E-state index is 5.23. The molecule has 1 unspecified atom stereocenters. The SMILES string of the molecule is CNC(Cc1cccc(OC)c1)c1cnccn1. The van der Waals surface area contributed by atoms with Crippen molar-refractivity contribution in [2.24, 2.45) is 0 Å². The van der Waals surface area contributed by atoms with E-state index in [-0.39, 0.29) is 6.04 Å². The molecule has 4 nitrogen and oxygen atoms in total. The zero-order valence-electron chi connectivity index (χ0n) is 10.6. The van der Waals surface area contributed by atoms with Crippen LogP contribution in [0.3, 0.4) is 0 Å². The molecule has 0 spiro atoms. The minimum absolute atomic E-state index is 0.158. The lowest BCUT2D eigenvalue weighted by Gasteiger charge is -2.15. The van der Waals surface area contributed by atoms with Gasteiger partial charge in [0.2, 0.25) is 0 Å². The molecule has 1 aromatic carbocycles. The Bertz CT molecular complexity index is 487. The fraction of sp³-hybridized carbons (Fsp3) is 0.286. The second kappa shape index (κ2) is 6.12. The summed E-state index contributed by atoms with van der Waals surface area (Å²) in [6, 6.07) is 8.23. The Morgan fingerprint density at radius 1 is 1.33 bits per heavy atom. The van der Waals surface area contributed by atoms with Gasteiger partial charge in [-0.2, -0.15) is 0 Å². The number of rotatable bonds is 5. The molecular formula is C14H17N3O. The molecule has 4 heteroatoms. The van der Waals surface area contributed by atoms with Crippen molar-refractivity contribution < 1.29 is 4.74 Å².